The fourth-order valence-electron chi connectivity index (χ4n) is 16.2. The van der Waals surface area contributed by atoms with E-state index in [0.29, 0.717) is 34.0 Å². The average Bonchev–Trinajstić information content (AvgIpc) is 1.56. The van der Waals surface area contributed by atoms with E-state index in [9.17, 15) is 0 Å². The van der Waals surface area contributed by atoms with Crippen LogP contribution in [0.25, 0.3) is 104 Å². The molecule has 1 aliphatic rings. The van der Waals surface area contributed by atoms with Crippen molar-refractivity contribution in [3.8, 4) is 62.0 Å². The third-order valence-electron chi connectivity index (χ3n) is 22.1. The van der Waals surface area contributed by atoms with Crippen LogP contribution in [0.3, 0.4) is 0 Å². The summed E-state index contributed by atoms with van der Waals surface area (Å²) in [5, 5.41) is 5.64. The van der Waals surface area contributed by atoms with Crippen molar-refractivity contribution in [2.24, 2.45) is 11.8 Å². The molecule has 0 bridgehead atoms. The number of thiophene rings is 6. The Labute approximate surface area is 625 Å². The molecule has 99 heavy (non-hydrogen) atoms. The molecule has 0 fully saturated rings. The number of halogens is 2. The molecule has 3 aromatic carbocycles. The van der Waals surface area contributed by atoms with E-state index in [-0.39, 0.29) is 11.6 Å². The summed E-state index contributed by atoms with van der Waals surface area (Å²) in [7, 11) is -2.18. The SMILES string of the molecule is CCCCCCCC[Si]1(CCCCCCCC)c2cc(C)sc2-c2sc(-c3c(F)cc(-c4cc5c(-c6cc(CCCCCC)c(CC(CC)CCCC)s6)c6sc(-c7cc(F)c(C)c8nsnc78)cc6c(-c6cc(CCCCCC)c(CC(CC)CCCC)s6)c5s4)c4nsnc34)cc21. The van der Waals surface area contributed by atoms with Gasteiger partial charge in [0.15, 0.2) is 0 Å². The number of benzene rings is 3. The third-order valence-corrected chi connectivity index (χ3v) is 36.0. The van der Waals surface area contributed by atoms with Gasteiger partial charge < -0.3 is 0 Å². The highest BCUT2D eigenvalue weighted by atomic mass is 32.1. The summed E-state index contributed by atoms with van der Waals surface area (Å²) in [6.45, 7) is 22.8. The Balaban J connectivity index is 1.08. The Hall–Kier alpha value is -3.90. The second kappa shape index (κ2) is 35.3. The molecule has 9 heterocycles. The van der Waals surface area contributed by atoms with Crippen molar-refractivity contribution < 1.29 is 8.78 Å². The van der Waals surface area contributed by atoms with Gasteiger partial charge in [0.1, 0.15) is 41.8 Å². The summed E-state index contributed by atoms with van der Waals surface area (Å²) < 4.78 is 57.4. The zero-order valence-corrected chi connectivity index (χ0v) is 68.7. The number of unbranched alkanes of at least 4 members (excludes halogenated alkanes) is 18. The van der Waals surface area contributed by atoms with Gasteiger partial charge in [-0.1, -0.05) is 222 Å². The van der Waals surface area contributed by atoms with Gasteiger partial charge in [-0.25, -0.2) is 8.78 Å². The Morgan fingerprint density at radius 3 is 1.31 bits per heavy atom. The second-order valence-electron chi connectivity index (χ2n) is 29.2. The molecular weight excluding hydrogens is 1390 g/mol. The van der Waals surface area contributed by atoms with E-state index >= 15 is 8.78 Å². The van der Waals surface area contributed by atoms with Gasteiger partial charge in [-0.15, -0.1) is 68.0 Å². The summed E-state index contributed by atoms with van der Waals surface area (Å²) in [5.74, 6) is 0.785. The Morgan fingerprint density at radius 1 is 0.384 bits per heavy atom. The average molecular weight is 1500 g/mol. The smallest absolute Gasteiger partial charge is 0.134 e. The monoisotopic (exact) mass is 1490 g/mol. The van der Waals surface area contributed by atoms with Gasteiger partial charge in [0.05, 0.1) is 29.0 Å². The molecule has 0 radical (unpaired) electrons. The van der Waals surface area contributed by atoms with Crippen LogP contribution in [0.15, 0.2) is 48.5 Å². The Morgan fingerprint density at radius 2 is 0.808 bits per heavy atom. The maximum Gasteiger partial charge on any atom is 0.134 e. The molecule has 0 saturated heterocycles. The van der Waals surface area contributed by atoms with Crippen LogP contribution in [0.4, 0.5) is 8.78 Å². The maximum atomic E-state index is 18.5. The number of nitrogens with zero attached hydrogens (tertiary/aromatic N) is 4. The first-order chi connectivity index (χ1) is 48.4. The van der Waals surface area contributed by atoms with Crippen LogP contribution in [0.2, 0.25) is 12.1 Å². The fraction of sp³-hybridized carbons (Fsp3) is 0.548. The molecule has 12 rings (SSSR count). The minimum absolute atomic E-state index is 0.211. The van der Waals surface area contributed by atoms with Crippen LogP contribution in [0.5, 0.6) is 0 Å². The van der Waals surface area contributed by atoms with Crippen LogP contribution in [0, 0.1) is 37.3 Å². The number of fused-ring (bicyclic) bond motifs is 7. The lowest BCUT2D eigenvalue weighted by Crippen LogP contribution is -2.54. The molecule has 0 saturated carbocycles. The first kappa shape index (κ1) is 74.8. The van der Waals surface area contributed by atoms with Gasteiger partial charge in [0.25, 0.3) is 0 Å². The van der Waals surface area contributed by atoms with Crippen LogP contribution in [0.1, 0.15) is 266 Å². The number of aromatic nitrogens is 4. The molecule has 530 valence electrons. The highest BCUT2D eigenvalue weighted by Gasteiger charge is 2.47. The molecule has 11 aromatic rings. The molecule has 2 atom stereocenters. The normalized spacial score (nSPS) is 13.6. The summed E-state index contributed by atoms with van der Waals surface area (Å²) in [4.78, 5) is 13.0. The molecule has 2 unspecified atom stereocenters. The number of rotatable bonds is 41. The van der Waals surface area contributed by atoms with E-state index in [0.717, 1.165) is 62.5 Å². The van der Waals surface area contributed by atoms with E-state index in [1.54, 1.807) is 27.8 Å². The van der Waals surface area contributed by atoms with Crippen molar-refractivity contribution in [3.63, 3.8) is 0 Å². The number of hydrogen-bond acceptors (Lipinski definition) is 12. The van der Waals surface area contributed by atoms with E-state index in [4.69, 9.17) is 17.5 Å². The van der Waals surface area contributed by atoms with E-state index in [1.807, 2.05) is 69.7 Å². The lowest BCUT2D eigenvalue weighted by atomic mass is 9.92. The zero-order chi connectivity index (χ0) is 69.2. The van der Waals surface area contributed by atoms with E-state index < -0.39 is 8.07 Å². The zero-order valence-electron chi connectivity index (χ0n) is 61.1. The third kappa shape index (κ3) is 16.2. The predicted octanol–water partition coefficient (Wildman–Crippen LogP) is 29.6. The molecule has 8 aromatic heterocycles. The van der Waals surface area contributed by atoms with Crippen molar-refractivity contribution in [3.05, 3.63) is 91.5 Å². The molecule has 0 N–H and O–H groups in total. The van der Waals surface area contributed by atoms with E-state index in [2.05, 4.69) is 98.7 Å². The predicted molar refractivity (Wildman–Crippen MR) is 444 cm³/mol. The van der Waals surface area contributed by atoms with Crippen LogP contribution >= 0.6 is 91.5 Å². The highest BCUT2D eigenvalue weighted by molar-refractivity contribution is 7.31. The fourth-order valence-corrected chi connectivity index (χ4v) is 32.2. The summed E-state index contributed by atoms with van der Waals surface area (Å²) in [6.07, 6.45) is 39.4. The van der Waals surface area contributed by atoms with Crippen molar-refractivity contribution in [2.45, 2.75) is 287 Å². The Bertz CT molecular complexity index is 4320. The van der Waals surface area contributed by atoms with E-state index in [1.165, 1.54) is 292 Å². The van der Waals surface area contributed by atoms with Crippen molar-refractivity contribution in [1.29, 1.82) is 0 Å². The minimum Gasteiger partial charge on any atom is -0.207 e. The van der Waals surface area contributed by atoms with Gasteiger partial charge >= 0.3 is 0 Å². The molecule has 0 amide bonds. The van der Waals surface area contributed by atoms with Crippen molar-refractivity contribution in [2.75, 3.05) is 0 Å². The molecule has 0 spiro atoms. The molecular formula is C84H108F2N4S8Si. The summed E-state index contributed by atoms with van der Waals surface area (Å²) >= 11 is 13.9. The number of aryl methyl sites for hydroxylation is 4. The van der Waals surface area contributed by atoms with Gasteiger partial charge in [-0.2, -0.15) is 17.5 Å². The van der Waals surface area contributed by atoms with Gasteiger partial charge in [-0.3, -0.25) is 0 Å². The Kier molecular flexibility index (Phi) is 26.6. The van der Waals surface area contributed by atoms with Gasteiger partial charge in [-0.05, 0) is 146 Å². The van der Waals surface area contributed by atoms with Crippen LogP contribution < -0.4 is 10.4 Å². The summed E-state index contributed by atoms with van der Waals surface area (Å²) in [5.41, 5.74) is 11.2. The van der Waals surface area contributed by atoms with Crippen molar-refractivity contribution >= 4 is 152 Å². The minimum atomic E-state index is -2.18. The molecule has 4 nitrogen and oxygen atoms in total. The lowest BCUT2D eigenvalue weighted by Gasteiger charge is -2.29. The molecule has 15 heteroatoms. The quantitative estimate of drug-likeness (QED) is 0.0283. The van der Waals surface area contributed by atoms with Crippen LogP contribution in [-0.4, -0.2) is 25.6 Å². The van der Waals surface area contributed by atoms with Gasteiger partial charge in [0.2, 0.25) is 0 Å². The van der Waals surface area contributed by atoms with Crippen molar-refractivity contribution in [1.82, 2.24) is 17.5 Å². The van der Waals surface area contributed by atoms with Gasteiger partial charge in [0, 0.05) is 96.8 Å². The number of hydrogen-bond donors (Lipinski definition) is 0. The molecule has 1 aliphatic heterocycles. The maximum absolute atomic E-state index is 18.5. The largest absolute Gasteiger partial charge is 0.207 e. The standard InChI is InChI=1S/C84H108F2N4S8Si/c1-11-19-25-29-31-35-41-99(42-36-32-30-26-20-12-2)72-43-53(9)91-83(72)84-73(99)52-71(96-84)76-64(86)49-60(79-80(76)90-98-89-79)68-51-62-75(70-47-58(40-34-28-22-14-4)66(93-70)45-56(18-8)38-24-16-6)81-61(50-67(94-81)59-48-63(85)54(10)77-78(59)88-97-87-77)74(82(62)95-68)69-46-57(39-33-27-21-13-3)65(92-69)44-55(17-7)37-23-15-5/h43,46-52,55-56H,11-42,44-45H2,1-10H3. The second-order valence-corrected chi connectivity index (χ2v) is 41.2. The first-order valence-electron chi connectivity index (χ1n) is 38.8. The molecule has 0 aliphatic carbocycles. The lowest BCUT2D eigenvalue weighted by molar-refractivity contribution is 0.450. The topological polar surface area (TPSA) is 51.6 Å². The first-order valence-corrected chi connectivity index (χ1v) is 47.6. The van der Waals surface area contributed by atoms with Crippen LogP contribution in [-0.2, 0) is 25.7 Å². The summed E-state index contributed by atoms with van der Waals surface area (Å²) in [6, 6.07) is 21.2. The highest BCUT2D eigenvalue weighted by Crippen LogP contribution is 2.57.